The SMILES string of the molecule is CCOC(=O)CC(N)c1cc(OCC)cc(OCC)c1.Cl. The molecule has 0 radical (unpaired) electrons. The summed E-state index contributed by atoms with van der Waals surface area (Å²) < 4.78 is 15.9. The van der Waals surface area contributed by atoms with Gasteiger partial charge in [-0.2, -0.15) is 0 Å². The maximum Gasteiger partial charge on any atom is 0.307 e. The summed E-state index contributed by atoms with van der Waals surface area (Å²) in [5.41, 5.74) is 6.84. The minimum absolute atomic E-state index is 0. The molecule has 0 saturated heterocycles. The highest BCUT2D eigenvalue weighted by Crippen LogP contribution is 2.27. The molecule has 0 saturated carbocycles. The van der Waals surface area contributed by atoms with Gasteiger partial charge in [-0.1, -0.05) is 0 Å². The number of carbonyl (C=O) groups excluding carboxylic acids is 1. The molecule has 1 rings (SSSR count). The first-order valence-corrected chi connectivity index (χ1v) is 6.92. The second kappa shape index (κ2) is 10.3. The Morgan fingerprint density at radius 2 is 1.57 bits per heavy atom. The Kier molecular flexibility index (Phi) is 9.58. The monoisotopic (exact) mass is 317 g/mol. The normalized spacial score (nSPS) is 11.2. The van der Waals surface area contributed by atoms with Gasteiger partial charge in [0.25, 0.3) is 0 Å². The average Bonchev–Trinajstić information content (AvgIpc) is 2.39. The number of rotatable bonds is 8. The number of hydrogen-bond donors (Lipinski definition) is 1. The fourth-order valence-corrected chi connectivity index (χ4v) is 1.83. The minimum atomic E-state index is -0.436. The van der Waals surface area contributed by atoms with Gasteiger partial charge in [0.1, 0.15) is 11.5 Å². The summed E-state index contributed by atoms with van der Waals surface area (Å²) in [4.78, 5) is 11.5. The molecule has 120 valence electrons. The lowest BCUT2D eigenvalue weighted by atomic mass is 10.0. The zero-order valence-corrected chi connectivity index (χ0v) is 13.6. The van der Waals surface area contributed by atoms with Crippen molar-refractivity contribution in [2.75, 3.05) is 19.8 Å². The number of benzene rings is 1. The molecule has 0 heterocycles. The predicted octanol–water partition coefficient (Wildman–Crippen LogP) is 2.86. The van der Waals surface area contributed by atoms with Crippen molar-refractivity contribution < 1.29 is 19.0 Å². The number of hydrogen-bond acceptors (Lipinski definition) is 5. The van der Waals surface area contributed by atoms with Crippen LogP contribution in [0.15, 0.2) is 18.2 Å². The first-order chi connectivity index (χ1) is 9.60. The van der Waals surface area contributed by atoms with Crippen molar-refractivity contribution in [3.8, 4) is 11.5 Å². The molecule has 0 amide bonds. The predicted molar refractivity (Wildman–Crippen MR) is 84.2 cm³/mol. The maximum atomic E-state index is 11.5. The zero-order chi connectivity index (χ0) is 15.0. The van der Waals surface area contributed by atoms with E-state index < -0.39 is 6.04 Å². The molecule has 2 N–H and O–H groups in total. The first-order valence-electron chi connectivity index (χ1n) is 6.92. The molecule has 0 aliphatic rings. The number of esters is 1. The van der Waals surface area contributed by atoms with E-state index in [-0.39, 0.29) is 24.8 Å². The molecule has 1 aromatic carbocycles. The highest BCUT2D eigenvalue weighted by atomic mass is 35.5. The van der Waals surface area contributed by atoms with Gasteiger partial charge in [0.15, 0.2) is 0 Å². The van der Waals surface area contributed by atoms with Gasteiger partial charge >= 0.3 is 5.97 Å². The Labute approximate surface area is 132 Å². The van der Waals surface area contributed by atoms with E-state index in [1.54, 1.807) is 6.92 Å². The van der Waals surface area contributed by atoms with Crippen LogP contribution < -0.4 is 15.2 Å². The van der Waals surface area contributed by atoms with Crippen molar-refractivity contribution in [1.82, 2.24) is 0 Å². The van der Waals surface area contributed by atoms with Crippen LogP contribution >= 0.6 is 12.4 Å². The lowest BCUT2D eigenvalue weighted by Gasteiger charge is -2.15. The van der Waals surface area contributed by atoms with Gasteiger partial charge in [-0.15, -0.1) is 12.4 Å². The summed E-state index contributed by atoms with van der Waals surface area (Å²) in [7, 11) is 0. The lowest BCUT2D eigenvalue weighted by Crippen LogP contribution is -2.17. The molecular weight excluding hydrogens is 294 g/mol. The molecular formula is C15H24ClNO4. The highest BCUT2D eigenvalue weighted by Gasteiger charge is 2.15. The van der Waals surface area contributed by atoms with E-state index in [0.29, 0.717) is 31.3 Å². The summed E-state index contributed by atoms with van der Waals surface area (Å²) in [5, 5.41) is 0. The van der Waals surface area contributed by atoms with Crippen molar-refractivity contribution in [1.29, 1.82) is 0 Å². The van der Waals surface area contributed by atoms with Crippen LogP contribution in [0.1, 0.15) is 38.8 Å². The van der Waals surface area contributed by atoms with Crippen molar-refractivity contribution in [3.05, 3.63) is 23.8 Å². The summed E-state index contributed by atoms with van der Waals surface area (Å²) in [6.07, 6.45) is 0.134. The van der Waals surface area contributed by atoms with E-state index in [1.165, 1.54) is 0 Å². The molecule has 21 heavy (non-hydrogen) atoms. The van der Waals surface area contributed by atoms with Crippen LogP contribution in [0.25, 0.3) is 0 Å². The summed E-state index contributed by atoms with van der Waals surface area (Å²) >= 11 is 0. The van der Waals surface area contributed by atoms with E-state index in [0.717, 1.165) is 5.56 Å². The second-order valence-electron chi connectivity index (χ2n) is 4.22. The molecule has 0 bridgehead atoms. The van der Waals surface area contributed by atoms with Gasteiger partial charge in [0, 0.05) is 12.1 Å². The minimum Gasteiger partial charge on any atom is -0.494 e. The number of carbonyl (C=O) groups is 1. The smallest absolute Gasteiger partial charge is 0.307 e. The highest BCUT2D eigenvalue weighted by molar-refractivity contribution is 5.85. The number of ether oxygens (including phenoxy) is 3. The number of halogens is 1. The fraction of sp³-hybridized carbons (Fsp3) is 0.533. The summed E-state index contributed by atoms with van der Waals surface area (Å²) in [6.45, 7) is 7.06. The molecule has 1 aromatic rings. The van der Waals surface area contributed by atoms with E-state index in [9.17, 15) is 4.79 Å². The zero-order valence-electron chi connectivity index (χ0n) is 12.8. The van der Waals surface area contributed by atoms with Crippen LogP contribution in [0.5, 0.6) is 11.5 Å². The first kappa shape index (κ1) is 19.5. The third kappa shape index (κ3) is 6.69. The molecule has 1 atom stereocenters. The lowest BCUT2D eigenvalue weighted by molar-refractivity contribution is -0.143. The standard InChI is InChI=1S/C15H23NO4.ClH/c1-4-18-12-7-11(8-13(9-12)19-5-2)14(16)10-15(17)20-6-3;/h7-9,14H,4-6,10,16H2,1-3H3;1H. The van der Waals surface area contributed by atoms with Gasteiger partial charge in [0.05, 0.1) is 26.2 Å². The third-order valence-corrected chi connectivity index (χ3v) is 2.64. The van der Waals surface area contributed by atoms with E-state index in [2.05, 4.69) is 0 Å². The molecule has 5 nitrogen and oxygen atoms in total. The van der Waals surface area contributed by atoms with Crippen molar-refractivity contribution in [2.45, 2.75) is 33.2 Å². The summed E-state index contributed by atoms with van der Waals surface area (Å²) in [6, 6.07) is 5.04. The quantitative estimate of drug-likeness (QED) is 0.746. The number of nitrogens with two attached hydrogens (primary N) is 1. The van der Waals surface area contributed by atoms with Gasteiger partial charge in [0.2, 0.25) is 0 Å². The molecule has 1 unspecified atom stereocenters. The van der Waals surface area contributed by atoms with Crippen LogP contribution in [-0.2, 0) is 9.53 Å². The fourth-order valence-electron chi connectivity index (χ4n) is 1.83. The maximum absolute atomic E-state index is 11.5. The molecule has 0 fully saturated rings. The second-order valence-corrected chi connectivity index (χ2v) is 4.22. The van der Waals surface area contributed by atoms with E-state index >= 15 is 0 Å². The Morgan fingerprint density at radius 1 is 1.05 bits per heavy atom. The van der Waals surface area contributed by atoms with Crippen molar-refractivity contribution in [3.63, 3.8) is 0 Å². The average molecular weight is 318 g/mol. The van der Waals surface area contributed by atoms with E-state index in [4.69, 9.17) is 19.9 Å². The Morgan fingerprint density at radius 3 is 2.00 bits per heavy atom. The third-order valence-electron chi connectivity index (χ3n) is 2.64. The molecule has 0 spiro atoms. The van der Waals surface area contributed by atoms with Gasteiger partial charge < -0.3 is 19.9 Å². The van der Waals surface area contributed by atoms with Gasteiger partial charge in [-0.05, 0) is 38.5 Å². The van der Waals surface area contributed by atoms with E-state index in [1.807, 2.05) is 32.0 Å². The van der Waals surface area contributed by atoms with Gasteiger partial charge in [-0.25, -0.2) is 0 Å². The van der Waals surface area contributed by atoms with Crippen molar-refractivity contribution >= 4 is 18.4 Å². The van der Waals surface area contributed by atoms with Crippen LogP contribution in [0, 0.1) is 0 Å². The van der Waals surface area contributed by atoms with Crippen LogP contribution in [0.3, 0.4) is 0 Å². The Hall–Kier alpha value is -1.46. The Balaban J connectivity index is 0.00000400. The molecule has 6 heteroatoms. The topological polar surface area (TPSA) is 70.8 Å². The van der Waals surface area contributed by atoms with Crippen molar-refractivity contribution in [2.24, 2.45) is 5.73 Å². The molecule has 0 aromatic heterocycles. The van der Waals surface area contributed by atoms with Crippen LogP contribution in [0.4, 0.5) is 0 Å². The van der Waals surface area contributed by atoms with Crippen LogP contribution in [0.2, 0.25) is 0 Å². The largest absolute Gasteiger partial charge is 0.494 e. The van der Waals surface area contributed by atoms with Gasteiger partial charge in [-0.3, -0.25) is 4.79 Å². The Bertz CT molecular complexity index is 415. The van der Waals surface area contributed by atoms with Crippen LogP contribution in [-0.4, -0.2) is 25.8 Å². The molecule has 0 aliphatic carbocycles. The molecule has 0 aliphatic heterocycles. The summed E-state index contributed by atoms with van der Waals surface area (Å²) in [5.74, 6) is 1.07.